The van der Waals surface area contributed by atoms with Crippen LogP contribution < -0.4 is 16.0 Å². The van der Waals surface area contributed by atoms with Crippen molar-refractivity contribution in [1.82, 2.24) is 16.0 Å². The van der Waals surface area contributed by atoms with Crippen molar-refractivity contribution in [2.75, 3.05) is 0 Å². The molecule has 1 heterocycles. The van der Waals surface area contributed by atoms with Crippen molar-refractivity contribution in [1.29, 1.82) is 0 Å². The summed E-state index contributed by atoms with van der Waals surface area (Å²) in [5.74, 6) is -2.33. The molecule has 1 fully saturated rings. The fraction of sp³-hybridized carbons (Fsp3) is 0.667. The summed E-state index contributed by atoms with van der Waals surface area (Å²) in [6.07, 6.45) is 4.68. The molecule has 5 unspecified atom stereocenters. The van der Waals surface area contributed by atoms with Gasteiger partial charge in [0.05, 0.1) is 6.42 Å². The molecule has 8 heteroatoms. The molecular formula is C30H47N3O5. The van der Waals surface area contributed by atoms with E-state index in [-0.39, 0.29) is 36.5 Å². The first-order valence-electron chi connectivity index (χ1n) is 14.2. The quantitative estimate of drug-likeness (QED) is 0.314. The summed E-state index contributed by atoms with van der Waals surface area (Å²) in [4.78, 5) is 53.3. The molecule has 212 valence electrons. The maximum Gasteiger partial charge on any atom is 0.329 e. The van der Waals surface area contributed by atoms with Gasteiger partial charge in [-0.2, -0.15) is 0 Å². The van der Waals surface area contributed by atoms with Crippen molar-refractivity contribution in [2.24, 2.45) is 17.8 Å². The second-order valence-corrected chi connectivity index (χ2v) is 11.3. The maximum atomic E-state index is 13.4. The van der Waals surface area contributed by atoms with E-state index in [9.17, 15) is 19.2 Å². The van der Waals surface area contributed by atoms with Gasteiger partial charge in [0.1, 0.15) is 24.2 Å². The van der Waals surface area contributed by atoms with Gasteiger partial charge in [0.25, 0.3) is 0 Å². The highest BCUT2D eigenvalue weighted by Gasteiger charge is 2.36. The number of benzene rings is 1. The maximum absolute atomic E-state index is 13.4. The Morgan fingerprint density at radius 3 is 2.05 bits per heavy atom. The standard InChI is InChI=1S/C30H47N3O5/c1-7-8-9-11-14-21(6)24-18-25(34)31-23(17-22-15-12-10-13-16-22)28(35)32-26(19(2)3)29(36)33-27(20(4)5)30(37)38-24/h10,12-13,15-16,19-21,23-24,26-27H,7-9,11,14,17-18H2,1-6H3,(H,31,34)(H,32,35)(H,33,36). The van der Waals surface area contributed by atoms with Crippen molar-refractivity contribution in [2.45, 2.75) is 111 Å². The summed E-state index contributed by atoms with van der Waals surface area (Å²) in [6.45, 7) is 11.5. The Bertz CT molecular complexity index is 918. The molecule has 0 bridgehead atoms. The van der Waals surface area contributed by atoms with Gasteiger partial charge in [-0.05, 0) is 29.7 Å². The van der Waals surface area contributed by atoms with E-state index in [0.29, 0.717) is 0 Å². The smallest absolute Gasteiger partial charge is 0.329 e. The van der Waals surface area contributed by atoms with E-state index in [1.807, 2.05) is 65.0 Å². The van der Waals surface area contributed by atoms with Crippen LogP contribution in [0.15, 0.2) is 30.3 Å². The van der Waals surface area contributed by atoms with E-state index in [2.05, 4.69) is 22.9 Å². The van der Waals surface area contributed by atoms with Gasteiger partial charge >= 0.3 is 5.97 Å². The summed E-state index contributed by atoms with van der Waals surface area (Å²) >= 11 is 0. The number of unbranched alkanes of at least 4 members (excludes halogenated alkanes) is 3. The van der Waals surface area contributed by atoms with Crippen LogP contribution in [0.3, 0.4) is 0 Å². The molecule has 38 heavy (non-hydrogen) atoms. The van der Waals surface area contributed by atoms with Crippen molar-refractivity contribution in [3.8, 4) is 0 Å². The van der Waals surface area contributed by atoms with Crippen molar-refractivity contribution < 1.29 is 23.9 Å². The molecule has 1 aromatic rings. The Morgan fingerprint density at radius 1 is 0.816 bits per heavy atom. The second kappa shape index (κ2) is 15.5. The summed E-state index contributed by atoms with van der Waals surface area (Å²) in [5.41, 5.74) is 0.884. The third-order valence-corrected chi connectivity index (χ3v) is 7.20. The summed E-state index contributed by atoms with van der Waals surface area (Å²) < 4.78 is 5.93. The number of ether oxygens (including phenoxy) is 1. The average Bonchev–Trinajstić information content (AvgIpc) is 2.87. The minimum atomic E-state index is -0.889. The van der Waals surface area contributed by atoms with Crippen LogP contribution in [0.2, 0.25) is 0 Å². The fourth-order valence-electron chi connectivity index (χ4n) is 4.69. The van der Waals surface area contributed by atoms with Gasteiger partial charge in [0.2, 0.25) is 17.7 Å². The molecular weight excluding hydrogens is 482 g/mol. The first kappa shape index (κ1) is 31.3. The molecule has 0 radical (unpaired) electrons. The van der Waals surface area contributed by atoms with Crippen LogP contribution in [0.25, 0.3) is 0 Å². The Labute approximate surface area is 228 Å². The van der Waals surface area contributed by atoms with Crippen molar-refractivity contribution >= 4 is 23.7 Å². The number of nitrogens with one attached hydrogen (secondary N) is 3. The van der Waals surface area contributed by atoms with Crippen LogP contribution in [0.5, 0.6) is 0 Å². The van der Waals surface area contributed by atoms with Gasteiger partial charge in [0.15, 0.2) is 0 Å². The SMILES string of the molecule is CCCCCCC(C)C1CC(=O)NC(Cc2ccccc2)C(=O)NC(C(C)C)C(=O)NC(C(C)C)C(=O)O1. The zero-order valence-electron chi connectivity index (χ0n) is 23.9. The van der Waals surface area contributed by atoms with Gasteiger partial charge in [-0.25, -0.2) is 4.79 Å². The number of rotatable bonds is 10. The number of carbonyl (C=O) groups excluding carboxylic acids is 4. The molecule has 8 nitrogen and oxygen atoms in total. The highest BCUT2D eigenvalue weighted by atomic mass is 16.5. The number of cyclic esters (lactones) is 1. The number of carbonyl (C=O) groups is 4. The lowest BCUT2D eigenvalue weighted by molar-refractivity contribution is -0.158. The Hall–Kier alpha value is -2.90. The highest BCUT2D eigenvalue weighted by molar-refractivity contribution is 5.94. The molecule has 1 aliphatic rings. The Kier molecular flexibility index (Phi) is 12.8. The topological polar surface area (TPSA) is 114 Å². The fourth-order valence-corrected chi connectivity index (χ4v) is 4.69. The summed E-state index contributed by atoms with van der Waals surface area (Å²) in [5, 5.41) is 8.51. The number of amides is 3. The largest absolute Gasteiger partial charge is 0.460 e. The van der Waals surface area contributed by atoms with Gasteiger partial charge < -0.3 is 20.7 Å². The molecule has 0 aromatic heterocycles. The predicted molar refractivity (Wildman–Crippen MR) is 148 cm³/mol. The van der Waals surface area contributed by atoms with Gasteiger partial charge in [-0.1, -0.05) is 97.6 Å². The lowest BCUT2D eigenvalue weighted by Gasteiger charge is -2.29. The molecule has 2 rings (SSSR count). The van der Waals surface area contributed by atoms with E-state index in [1.165, 1.54) is 0 Å². The third kappa shape index (κ3) is 9.76. The van der Waals surface area contributed by atoms with E-state index >= 15 is 0 Å². The molecule has 0 aliphatic carbocycles. The zero-order chi connectivity index (χ0) is 28.2. The number of esters is 1. The molecule has 0 spiro atoms. The molecule has 3 N–H and O–H groups in total. The van der Waals surface area contributed by atoms with Crippen molar-refractivity contribution in [3.63, 3.8) is 0 Å². The van der Waals surface area contributed by atoms with Crippen LogP contribution in [-0.2, 0) is 30.3 Å². The highest BCUT2D eigenvalue weighted by Crippen LogP contribution is 2.21. The zero-order valence-corrected chi connectivity index (χ0v) is 23.9. The van der Waals surface area contributed by atoms with Crippen LogP contribution in [-0.4, -0.2) is 47.9 Å². The first-order chi connectivity index (χ1) is 18.0. The van der Waals surface area contributed by atoms with E-state index in [0.717, 1.165) is 37.7 Å². The number of hydrogen-bond acceptors (Lipinski definition) is 5. The molecule has 3 amide bonds. The summed E-state index contributed by atoms with van der Waals surface area (Å²) in [6, 6.07) is 6.78. The second-order valence-electron chi connectivity index (χ2n) is 11.3. The molecule has 1 saturated heterocycles. The monoisotopic (exact) mass is 529 g/mol. The normalized spacial score (nSPS) is 24.4. The molecule has 0 saturated carbocycles. The van der Waals surface area contributed by atoms with E-state index in [1.54, 1.807) is 0 Å². The Morgan fingerprint density at radius 2 is 1.45 bits per heavy atom. The molecule has 1 aliphatic heterocycles. The minimum absolute atomic E-state index is 0.0500. The third-order valence-electron chi connectivity index (χ3n) is 7.20. The van der Waals surface area contributed by atoms with E-state index < -0.39 is 42.0 Å². The first-order valence-corrected chi connectivity index (χ1v) is 14.2. The number of hydrogen-bond donors (Lipinski definition) is 3. The van der Waals surface area contributed by atoms with Crippen LogP contribution in [0.1, 0.15) is 85.6 Å². The van der Waals surface area contributed by atoms with Crippen LogP contribution >= 0.6 is 0 Å². The molecule has 5 atom stereocenters. The lowest BCUT2D eigenvalue weighted by atomic mass is 9.94. The van der Waals surface area contributed by atoms with Crippen LogP contribution in [0.4, 0.5) is 0 Å². The minimum Gasteiger partial charge on any atom is -0.460 e. The summed E-state index contributed by atoms with van der Waals surface area (Å²) in [7, 11) is 0. The van der Waals surface area contributed by atoms with E-state index in [4.69, 9.17) is 4.74 Å². The van der Waals surface area contributed by atoms with Gasteiger partial charge in [-0.15, -0.1) is 0 Å². The van der Waals surface area contributed by atoms with Crippen molar-refractivity contribution in [3.05, 3.63) is 35.9 Å². The average molecular weight is 530 g/mol. The van der Waals surface area contributed by atoms with Gasteiger partial charge in [0, 0.05) is 6.42 Å². The predicted octanol–water partition coefficient (Wildman–Crippen LogP) is 3.92. The van der Waals surface area contributed by atoms with Gasteiger partial charge in [-0.3, -0.25) is 14.4 Å². The van der Waals surface area contributed by atoms with Crippen LogP contribution in [0, 0.1) is 17.8 Å². The molecule has 1 aromatic carbocycles. The lowest BCUT2D eigenvalue weighted by Crippen LogP contribution is -2.58. The Balaban J connectivity index is 2.39.